The first-order chi connectivity index (χ1) is 16.6. The fourth-order valence-electron chi connectivity index (χ4n) is 6.37. The number of esters is 1. The topological polar surface area (TPSA) is 57.8 Å². The number of nitrogens with zero attached hydrogens (tertiary/aromatic N) is 2. The summed E-state index contributed by atoms with van der Waals surface area (Å²) in [4.78, 5) is 21.7. The van der Waals surface area contributed by atoms with Gasteiger partial charge in [-0.3, -0.25) is 14.6 Å². The van der Waals surface area contributed by atoms with Crippen molar-refractivity contribution in [3.63, 3.8) is 0 Å². The lowest BCUT2D eigenvalue weighted by atomic mass is 9.79. The molecule has 0 bridgehead atoms. The van der Waals surface area contributed by atoms with Crippen LogP contribution in [0.3, 0.4) is 0 Å². The van der Waals surface area contributed by atoms with Gasteiger partial charge in [-0.2, -0.15) is 0 Å². The first-order valence-electron chi connectivity index (χ1n) is 12.2. The van der Waals surface area contributed by atoms with E-state index in [0.717, 1.165) is 50.2 Å². The number of aromatic nitrogens is 1. The van der Waals surface area contributed by atoms with E-state index in [9.17, 15) is 9.18 Å². The van der Waals surface area contributed by atoms with Gasteiger partial charge in [-0.1, -0.05) is 30.3 Å². The molecule has 0 spiro atoms. The van der Waals surface area contributed by atoms with Crippen molar-refractivity contribution in [2.45, 2.75) is 43.4 Å². The van der Waals surface area contributed by atoms with E-state index in [1.807, 2.05) is 18.2 Å². The fraction of sp³-hybridized carbons (Fsp3) is 0.444. The summed E-state index contributed by atoms with van der Waals surface area (Å²) in [5.74, 6) is -0.459. The monoisotopic (exact) mass is 463 g/mol. The van der Waals surface area contributed by atoms with Gasteiger partial charge in [0.05, 0.1) is 26.4 Å². The summed E-state index contributed by atoms with van der Waals surface area (Å²) in [6.45, 7) is 3.31. The lowest BCUT2D eigenvalue weighted by Crippen LogP contribution is -2.57. The number of morpholine rings is 1. The van der Waals surface area contributed by atoms with E-state index in [1.165, 1.54) is 35.9 Å². The van der Waals surface area contributed by atoms with Crippen molar-refractivity contribution in [1.29, 1.82) is 0 Å². The molecule has 0 radical (unpaired) electrons. The third-order valence-electron chi connectivity index (χ3n) is 7.94. The van der Waals surface area contributed by atoms with E-state index in [0.29, 0.717) is 12.5 Å². The second-order valence-electron chi connectivity index (χ2n) is 9.61. The fourth-order valence-corrected chi connectivity index (χ4v) is 6.37. The molecule has 34 heavy (non-hydrogen) atoms. The zero-order valence-corrected chi connectivity index (χ0v) is 19.4. The number of para-hydroxylation sites is 1. The normalized spacial score (nSPS) is 27.8. The van der Waals surface area contributed by atoms with E-state index >= 15 is 0 Å². The van der Waals surface area contributed by atoms with Crippen LogP contribution >= 0.6 is 0 Å². The number of aromatic amines is 1. The highest BCUT2D eigenvalue weighted by Gasteiger charge is 2.49. The number of nitrogens with one attached hydrogen (secondary N) is 1. The molecule has 3 aliphatic rings. The van der Waals surface area contributed by atoms with E-state index in [1.54, 1.807) is 0 Å². The summed E-state index contributed by atoms with van der Waals surface area (Å²) in [6, 6.07) is 15.1. The largest absolute Gasteiger partial charge is 0.468 e. The summed E-state index contributed by atoms with van der Waals surface area (Å²) in [5.41, 5.74) is 4.56. The molecular formula is C27H30FN3O3. The quantitative estimate of drug-likeness (QED) is 0.596. The highest BCUT2D eigenvalue weighted by molar-refractivity contribution is 5.87. The van der Waals surface area contributed by atoms with Gasteiger partial charge in [-0.25, -0.2) is 4.39 Å². The average molecular weight is 464 g/mol. The molecule has 1 aromatic heterocycles. The van der Waals surface area contributed by atoms with Crippen LogP contribution in [-0.4, -0.2) is 66.2 Å². The number of methoxy groups -OCH3 is 1. The number of fused-ring (bicyclic) bond motifs is 5. The van der Waals surface area contributed by atoms with Crippen LogP contribution in [0.15, 0.2) is 48.5 Å². The predicted octanol–water partition coefficient (Wildman–Crippen LogP) is 3.98. The van der Waals surface area contributed by atoms with Gasteiger partial charge in [-0.15, -0.1) is 0 Å². The third-order valence-corrected chi connectivity index (χ3v) is 7.94. The maximum atomic E-state index is 13.8. The highest BCUT2D eigenvalue weighted by atomic mass is 19.1. The van der Waals surface area contributed by atoms with Gasteiger partial charge in [0.2, 0.25) is 0 Å². The minimum atomic E-state index is -0.387. The zero-order chi connectivity index (χ0) is 23.2. The molecule has 0 amide bonds. The van der Waals surface area contributed by atoms with E-state index < -0.39 is 0 Å². The van der Waals surface area contributed by atoms with Crippen molar-refractivity contribution < 1.29 is 18.7 Å². The molecule has 0 saturated carbocycles. The zero-order valence-electron chi connectivity index (χ0n) is 19.4. The molecule has 1 N–H and O–H groups in total. The number of carbonyl (C=O) groups is 1. The minimum absolute atomic E-state index is 0.0177. The van der Waals surface area contributed by atoms with Crippen LogP contribution in [0.1, 0.15) is 41.7 Å². The Morgan fingerprint density at radius 2 is 1.79 bits per heavy atom. The number of hydrogen-bond acceptors (Lipinski definition) is 5. The number of benzene rings is 2. The molecule has 6 rings (SSSR count). The number of halogens is 1. The molecule has 4 heterocycles. The van der Waals surface area contributed by atoms with Gasteiger partial charge in [-0.05, 0) is 42.2 Å². The Hall–Kier alpha value is -2.74. The van der Waals surface area contributed by atoms with Crippen molar-refractivity contribution in [1.82, 2.24) is 14.8 Å². The molecule has 2 aromatic carbocycles. The van der Waals surface area contributed by atoms with Crippen molar-refractivity contribution in [2.75, 3.05) is 33.4 Å². The third kappa shape index (κ3) is 3.63. The van der Waals surface area contributed by atoms with Crippen LogP contribution in [0.25, 0.3) is 10.9 Å². The number of ether oxygens (including phenoxy) is 2. The van der Waals surface area contributed by atoms with E-state index in [4.69, 9.17) is 9.47 Å². The van der Waals surface area contributed by atoms with Gasteiger partial charge in [0.1, 0.15) is 11.9 Å². The Morgan fingerprint density at radius 3 is 2.56 bits per heavy atom. The molecule has 2 fully saturated rings. The Labute approximate surface area is 198 Å². The molecule has 6 nitrogen and oxygen atoms in total. The van der Waals surface area contributed by atoms with Crippen molar-refractivity contribution in [3.8, 4) is 0 Å². The summed E-state index contributed by atoms with van der Waals surface area (Å²) in [6.07, 6.45) is 2.40. The smallest absolute Gasteiger partial charge is 0.323 e. The average Bonchev–Trinajstić information content (AvgIpc) is 3.27. The Bertz CT molecular complexity index is 1190. The van der Waals surface area contributed by atoms with Crippen molar-refractivity contribution >= 4 is 16.9 Å². The molecule has 3 aromatic rings. The van der Waals surface area contributed by atoms with Crippen LogP contribution in [0, 0.1) is 5.82 Å². The molecule has 0 unspecified atom stereocenters. The van der Waals surface area contributed by atoms with Gasteiger partial charge in [0, 0.05) is 48.2 Å². The summed E-state index contributed by atoms with van der Waals surface area (Å²) < 4.78 is 24.7. The molecule has 7 heteroatoms. The number of hydrogen-bond donors (Lipinski definition) is 1. The molecule has 2 saturated heterocycles. The van der Waals surface area contributed by atoms with Gasteiger partial charge >= 0.3 is 5.97 Å². The number of piperidine rings is 1. The van der Waals surface area contributed by atoms with Crippen molar-refractivity contribution in [2.24, 2.45) is 0 Å². The summed E-state index contributed by atoms with van der Waals surface area (Å²) in [7, 11) is 1.47. The summed E-state index contributed by atoms with van der Waals surface area (Å²) in [5, 5.41) is 1.18. The Balaban J connectivity index is 1.49. The molecule has 4 atom stereocenters. The molecule has 178 valence electrons. The van der Waals surface area contributed by atoms with Gasteiger partial charge in [0.15, 0.2) is 0 Å². The van der Waals surface area contributed by atoms with Gasteiger partial charge in [0.25, 0.3) is 0 Å². The maximum Gasteiger partial charge on any atom is 0.323 e. The molecule has 0 aliphatic carbocycles. The first kappa shape index (κ1) is 21.8. The van der Waals surface area contributed by atoms with E-state index in [-0.39, 0.29) is 29.9 Å². The van der Waals surface area contributed by atoms with E-state index in [2.05, 4.69) is 33.0 Å². The van der Waals surface area contributed by atoms with Crippen LogP contribution in [0.4, 0.5) is 4.39 Å². The van der Waals surface area contributed by atoms with Crippen LogP contribution in [0.5, 0.6) is 0 Å². The number of carbonyl (C=O) groups excluding carboxylic acids is 1. The standard InChI is InChI=1S/C27H30FN3O3/c1-33-27(32)25-16-21-20-4-2-3-5-22(20)29-26(21)24-15-19(30-10-12-34-13-11-30)14-23(31(24)25)17-6-8-18(28)9-7-17/h2-9,19,23-25,29H,10-16H2,1H3/t19-,23+,24-,25+/m1/s1. The summed E-state index contributed by atoms with van der Waals surface area (Å²) >= 11 is 0. The Morgan fingerprint density at radius 1 is 1.06 bits per heavy atom. The Kier molecular flexibility index (Phi) is 5.63. The molecule has 3 aliphatic heterocycles. The maximum absolute atomic E-state index is 13.8. The van der Waals surface area contributed by atoms with Crippen molar-refractivity contribution in [3.05, 3.63) is 71.2 Å². The predicted molar refractivity (Wildman–Crippen MR) is 127 cm³/mol. The van der Waals surface area contributed by atoms with Crippen LogP contribution in [0.2, 0.25) is 0 Å². The van der Waals surface area contributed by atoms with Gasteiger partial charge < -0.3 is 14.5 Å². The van der Waals surface area contributed by atoms with Crippen LogP contribution in [-0.2, 0) is 20.7 Å². The molecular weight excluding hydrogens is 433 g/mol. The van der Waals surface area contributed by atoms with Crippen LogP contribution < -0.4 is 0 Å². The lowest BCUT2D eigenvalue weighted by molar-refractivity contribution is -0.153. The lowest BCUT2D eigenvalue weighted by Gasteiger charge is -2.52. The number of rotatable bonds is 3. The highest BCUT2D eigenvalue weighted by Crippen LogP contribution is 2.49. The SMILES string of the molecule is COC(=O)[C@@H]1Cc2c([nH]c3ccccc23)[C@H]2C[C@H](N3CCOCC3)C[C@@H](c3ccc(F)cc3)N21. The number of H-pyrrole nitrogens is 1. The first-order valence-corrected chi connectivity index (χ1v) is 12.2. The minimum Gasteiger partial charge on any atom is -0.468 e. The second kappa shape index (κ2) is 8.80. The second-order valence-corrected chi connectivity index (χ2v) is 9.61.